The van der Waals surface area contributed by atoms with E-state index in [-0.39, 0.29) is 0 Å². The first-order valence-electron chi connectivity index (χ1n) is 2.32. The SMILES string of the molecule is [CH2-]N1C=CCC=C1. The Hall–Kier alpha value is -0.720. The standard InChI is InChI=1S/C6H8N/c1-7-5-3-2-4-6-7/h3-6H,1-2H2/q-1. The summed E-state index contributed by atoms with van der Waals surface area (Å²) in [6, 6.07) is 0. The van der Waals surface area contributed by atoms with Gasteiger partial charge in [-0.15, -0.1) is 0 Å². The monoisotopic (exact) mass is 94.1 g/mol. The van der Waals surface area contributed by atoms with Crippen molar-refractivity contribution in [2.24, 2.45) is 0 Å². The van der Waals surface area contributed by atoms with E-state index in [1.807, 2.05) is 12.4 Å². The van der Waals surface area contributed by atoms with Gasteiger partial charge in [-0.1, -0.05) is 12.2 Å². The topological polar surface area (TPSA) is 3.24 Å². The Morgan fingerprint density at radius 3 is 2.14 bits per heavy atom. The minimum atomic E-state index is 1.05. The molecule has 0 saturated carbocycles. The molecule has 0 unspecified atom stereocenters. The zero-order valence-corrected chi connectivity index (χ0v) is 4.17. The lowest BCUT2D eigenvalue weighted by Crippen LogP contribution is -1.97. The van der Waals surface area contributed by atoms with Crippen LogP contribution in [0.15, 0.2) is 24.6 Å². The maximum atomic E-state index is 3.66. The molecule has 0 spiro atoms. The van der Waals surface area contributed by atoms with Crippen molar-refractivity contribution in [3.63, 3.8) is 0 Å². The molecule has 0 aromatic rings. The Bertz CT molecular complexity index is 90.7. The van der Waals surface area contributed by atoms with Gasteiger partial charge in [0.05, 0.1) is 0 Å². The van der Waals surface area contributed by atoms with Crippen molar-refractivity contribution in [1.29, 1.82) is 0 Å². The summed E-state index contributed by atoms with van der Waals surface area (Å²) in [5.74, 6) is 0. The molecule has 0 radical (unpaired) electrons. The fraction of sp³-hybridized carbons (Fsp3) is 0.167. The van der Waals surface area contributed by atoms with Crippen molar-refractivity contribution in [3.05, 3.63) is 31.6 Å². The van der Waals surface area contributed by atoms with Crippen LogP contribution in [0.5, 0.6) is 0 Å². The minimum Gasteiger partial charge on any atom is -0.509 e. The van der Waals surface area contributed by atoms with Gasteiger partial charge >= 0.3 is 0 Å². The van der Waals surface area contributed by atoms with Crippen molar-refractivity contribution in [1.82, 2.24) is 4.90 Å². The van der Waals surface area contributed by atoms with Crippen LogP contribution < -0.4 is 0 Å². The van der Waals surface area contributed by atoms with E-state index >= 15 is 0 Å². The first-order chi connectivity index (χ1) is 3.39. The summed E-state index contributed by atoms with van der Waals surface area (Å²) in [7, 11) is 3.66. The fourth-order valence-electron chi connectivity index (χ4n) is 0.521. The summed E-state index contributed by atoms with van der Waals surface area (Å²) in [5, 5.41) is 0. The van der Waals surface area contributed by atoms with Crippen LogP contribution in [0.25, 0.3) is 0 Å². The van der Waals surface area contributed by atoms with E-state index in [2.05, 4.69) is 19.2 Å². The number of hydrogen-bond donors (Lipinski definition) is 0. The summed E-state index contributed by atoms with van der Waals surface area (Å²) < 4.78 is 0. The first kappa shape index (κ1) is 4.44. The average molecular weight is 94.1 g/mol. The third-order valence-corrected chi connectivity index (χ3v) is 0.866. The maximum absolute atomic E-state index is 3.66. The molecule has 0 N–H and O–H groups in total. The predicted molar refractivity (Wildman–Crippen MR) is 30.1 cm³/mol. The summed E-state index contributed by atoms with van der Waals surface area (Å²) in [4.78, 5) is 1.78. The van der Waals surface area contributed by atoms with E-state index in [0.717, 1.165) is 6.42 Å². The third-order valence-electron chi connectivity index (χ3n) is 0.866. The second kappa shape index (κ2) is 1.82. The highest BCUT2D eigenvalue weighted by atomic mass is 15.0. The second-order valence-electron chi connectivity index (χ2n) is 1.52. The highest BCUT2D eigenvalue weighted by Crippen LogP contribution is 1.98. The van der Waals surface area contributed by atoms with Crippen LogP contribution in [0.4, 0.5) is 0 Å². The van der Waals surface area contributed by atoms with Crippen LogP contribution in [0.2, 0.25) is 0 Å². The second-order valence-corrected chi connectivity index (χ2v) is 1.52. The van der Waals surface area contributed by atoms with E-state index in [1.165, 1.54) is 0 Å². The lowest BCUT2D eigenvalue weighted by Gasteiger charge is -2.18. The van der Waals surface area contributed by atoms with Crippen LogP contribution in [0.3, 0.4) is 0 Å². The number of nitrogens with zero attached hydrogens (tertiary/aromatic N) is 1. The van der Waals surface area contributed by atoms with Gasteiger partial charge in [0, 0.05) is 0 Å². The van der Waals surface area contributed by atoms with Crippen LogP contribution in [0, 0.1) is 7.05 Å². The molecule has 7 heavy (non-hydrogen) atoms. The molecule has 0 fully saturated rings. The van der Waals surface area contributed by atoms with E-state index in [0.29, 0.717) is 0 Å². The summed E-state index contributed by atoms with van der Waals surface area (Å²) in [6.45, 7) is 0. The van der Waals surface area contributed by atoms with E-state index in [4.69, 9.17) is 0 Å². The largest absolute Gasteiger partial charge is 0.509 e. The first-order valence-corrected chi connectivity index (χ1v) is 2.32. The van der Waals surface area contributed by atoms with Crippen LogP contribution in [-0.4, -0.2) is 4.90 Å². The molecule has 0 saturated heterocycles. The van der Waals surface area contributed by atoms with Gasteiger partial charge in [0.2, 0.25) is 0 Å². The summed E-state index contributed by atoms with van der Waals surface area (Å²) >= 11 is 0. The molecule has 0 bridgehead atoms. The average Bonchev–Trinajstić information content (AvgIpc) is 1.69. The highest BCUT2D eigenvalue weighted by molar-refractivity contribution is 5.01. The van der Waals surface area contributed by atoms with Gasteiger partial charge < -0.3 is 4.90 Å². The molecule has 1 aliphatic heterocycles. The normalized spacial score (nSPS) is 18.1. The quantitative estimate of drug-likeness (QED) is 0.411. The van der Waals surface area contributed by atoms with Gasteiger partial charge in [0.25, 0.3) is 0 Å². The lowest BCUT2D eigenvalue weighted by atomic mass is 10.3. The van der Waals surface area contributed by atoms with Crippen molar-refractivity contribution in [2.75, 3.05) is 0 Å². The number of hydrogen-bond acceptors (Lipinski definition) is 1. The van der Waals surface area contributed by atoms with Gasteiger partial charge in [-0.2, -0.15) is 0 Å². The molecule has 1 nitrogen and oxygen atoms in total. The molecule has 1 heterocycles. The molecular formula is C6H8N-. The molecule has 0 aromatic carbocycles. The van der Waals surface area contributed by atoms with Crippen LogP contribution in [-0.2, 0) is 0 Å². The lowest BCUT2D eigenvalue weighted by molar-refractivity contribution is 0.670. The van der Waals surface area contributed by atoms with Gasteiger partial charge in [-0.05, 0) is 18.8 Å². The number of rotatable bonds is 0. The van der Waals surface area contributed by atoms with Gasteiger partial charge in [0.1, 0.15) is 0 Å². The number of allylic oxidation sites excluding steroid dienone is 2. The Labute approximate surface area is 43.9 Å². The van der Waals surface area contributed by atoms with Gasteiger partial charge in [-0.3, -0.25) is 7.05 Å². The molecule has 38 valence electrons. The zero-order valence-electron chi connectivity index (χ0n) is 4.17. The Balaban J connectivity index is 2.49. The molecule has 0 aromatic heterocycles. The van der Waals surface area contributed by atoms with Crippen molar-refractivity contribution in [2.45, 2.75) is 6.42 Å². The van der Waals surface area contributed by atoms with E-state index in [9.17, 15) is 0 Å². The molecule has 0 aliphatic carbocycles. The van der Waals surface area contributed by atoms with Crippen LogP contribution in [0.1, 0.15) is 6.42 Å². The van der Waals surface area contributed by atoms with Crippen molar-refractivity contribution >= 4 is 0 Å². The van der Waals surface area contributed by atoms with E-state index in [1.54, 1.807) is 4.90 Å². The summed E-state index contributed by atoms with van der Waals surface area (Å²) in [6.07, 6.45) is 9.06. The zero-order chi connectivity index (χ0) is 5.11. The predicted octanol–water partition coefficient (Wildman–Crippen LogP) is 1.51. The van der Waals surface area contributed by atoms with Crippen LogP contribution >= 0.6 is 0 Å². The molecular weight excluding hydrogens is 86.1 g/mol. The molecule has 0 amide bonds. The molecule has 1 heteroatoms. The van der Waals surface area contributed by atoms with E-state index < -0.39 is 0 Å². The van der Waals surface area contributed by atoms with Crippen molar-refractivity contribution in [3.8, 4) is 0 Å². The van der Waals surface area contributed by atoms with Gasteiger partial charge in [-0.25, -0.2) is 0 Å². The third kappa shape index (κ3) is 1.07. The maximum Gasteiger partial charge on any atom is -0.0136 e. The smallest absolute Gasteiger partial charge is 0.0136 e. The highest BCUT2D eigenvalue weighted by Gasteiger charge is 1.78. The fourth-order valence-corrected chi connectivity index (χ4v) is 0.521. The molecule has 1 aliphatic rings. The Kier molecular flexibility index (Phi) is 1.16. The molecule has 1 rings (SSSR count). The minimum absolute atomic E-state index is 1.05. The summed E-state index contributed by atoms with van der Waals surface area (Å²) in [5.41, 5.74) is 0. The van der Waals surface area contributed by atoms with Crippen molar-refractivity contribution < 1.29 is 0 Å². The Morgan fingerprint density at radius 2 is 1.86 bits per heavy atom. The Morgan fingerprint density at radius 1 is 1.29 bits per heavy atom. The van der Waals surface area contributed by atoms with Gasteiger partial charge in [0.15, 0.2) is 0 Å². The molecule has 0 atom stereocenters.